The molecule has 6 rings (SSSR count). The van der Waals surface area contributed by atoms with Crippen LogP contribution in [0.3, 0.4) is 0 Å². The van der Waals surface area contributed by atoms with Crippen molar-refractivity contribution >= 4 is 5.82 Å². The fourth-order valence-corrected chi connectivity index (χ4v) is 5.29. The van der Waals surface area contributed by atoms with Crippen LogP contribution in [0.25, 0.3) is 17.1 Å². The predicted molar refractivity (Wildman–Crippen MR) is 120 cm³/mol. The molecule has 33 heavy (non-hydrogen) atoms. The van der Waals surface area contributed by atoms with Gasteiger partial charge in [-0.2, -0.15) is 5.26 Å². The summed E-state index contributed by atoms with van der Waals surface area (Å²) in [7, 11) is 0. The number of nitriles is 1. The number of piperidine rings is 2. The fraction of sp³-hybridized carbons (Fsp3) is 0.478. The number of benzene rings is 1. The molecule has 0 spiro atoms. The van der Waals surface area contributed by atoms with Crippen LogP contribution < -0.4 is 10.2 Å². The minimum atomic E-state index is 0.0151. The summed E-state index contributed by atoms with van der Waals surface area (Å²) in [6, 6.07) is 9.15. The third-order valence-electron chi connectivity index (χ3n) is 6.92. The van der Waals surface area contributed by atoms with E-state index < -0.39 is 0 Å². The fourth-order valence-electron chi connectivity index (χ4n) is 5.29. The van der Waals surface area contributed by atoms with Crippen LogP contribution in [0.2, 0.25) is 0 Å². The van der Waals surface area contributed by atoms with Crippen molar-refractivity contribution in [3.8, 4) is 28.9 Å². The maximum Gasteiger partial charge on any atom is 0.252 e. The number of phenols is 1. The first-order chi connectivity index (χ1) is 16.2. The third-order valence-corrected chi connectivity index (χ3v) is 6.92. The van der Waals surface area contributed by atoms with Crippen molar-refractivity contribution in [2.75, 3.05) is 4.90 Å². The molecule has 1 unspecified atom stereocenters. The van der Waals surface area contributed by atoms with Crippen LogP contribution in [0.15, 0.2) is 30.7 Å². The summed E-state index contributed by atoms with van der Waals surface area (Å²) < 4.78 is 1.44. The van der Waals surface area contributed by atoms with E-state index in [-0.39, 0.29) is 11.6 Å². The summed E-state index contributed by atoms with van der Waals surface area (Å²) >= 11 is 0. The second-order valence-electron chi connectivity index (χ2n) is 9.22. The van der Waals surface area contributed by atoms with Gasteiger partial charge in [0.05, 0.1) is 17.4 Å². The van der Waals surface area contributed by atoms with Crippen molar-refractivity contribution in [1.82, 2.24) is 35.3 Å². The number of nitrogens with zero attached hydrogens (tertiary/aromatic N) is 8. The van der Waals surface area contributed by atoms with Crippen molar-refractivity contribution in [3.05, 3.63) is 36.5 Å². The van der Waals surface area contributed by atoms with Gasteiger partial charge in [0.15, 0.2) is 11.6 Å². The number of fused-ring (bicyclic) bond motifs is 2. The van der Waals surface area contributed by atoms with E-state index in [1.54, 1.807) is 24.4 Å². The largest absolute Gasteiger partial charge is 0.507 e. The predicted octanol–water partition coefficient (Wildman–Crippen LogP) is 2.34. The number of hydrogen-bond donors (Lipinski definition) is 2. The molecule has 0 radical (unpaired) electrons. The Hall–Kier alpha value is -3.58. The molecule has 0 amide bonds. The van der Waals surface area contributed by atoms with Crippen molar-refractivity contribution in [1.29, 1.82) is 5.26 Å². The Kier molecular flexibility index (Phi) is 4.91. The summed E-state index contributed by atoms with van der Waals surface area (Å²) in [5.41, 5.74) is 1.08. The zero-order valence-corrected chi connectivity index (χ0v) is 18.2. The van der Waals surface area contributed by atoms with Crippen LogP contribution in [-0.4, -0.2) is 59.2 Å². The van der Waals surface area contributed by atoms with Gasteiger partial charge < -0.3 is 15.3 Å². The maximum absolute atomic E-state index is 10.6. The molecular formula is C23H25N9O. The van der Waals surface area contributed by atoms with Gasteiger partial charge in [-0.1, -0.05) is 6.42 Å². The molecule has 10 nitrogen and oxygen atoms in total. The first-order valence-electron chi connectivity index (χ1n) is 11.6. The molecule has 1 saturated carbocycles. The highest BCUT2D eigenvalue weighted by Crippen LogP contribution is 2.38. The van der Waals surface area contributed by atoms with E-state index in [1.165, 1.54) is 43.1 Å². The van der Waals surface area contributed by atoms with Crippen molar-refractivity contribution in [2.24, 2.45) is 0 Å². The standard InChI is InChI=1S/C23H25N9O/c24-11-21-26-13-31(30-21)17-6-7-19(20(33)10-17)23-25-12-22(28-29-23)32(16-4-5-16)18-8-14-2-1-3-15(9-18)27-14/h6-7,10,12-16,18,27,33H,1-5,8-9H2/t14-,15+,18?. The Morgan fingerprint density at radius 2 is 1.88 bits per heavy atom. The molecular weight excluding hydrogens is 418 g/mol. The van der Waals surface area contributed by atoms with Crippen molar-refractivity contribution < 1.29 is 5.11 Å². The van der Waals surface area contributed by atoms with E-state index in [1.807, 2.05) is 6.07 Å². The molecule has 2 N–H and O–H groups in total. The lowest BCUT2D eigenvalue weighted by molar-refractivity contribution is 0.215. The molecule has 10 heteroatoms. The Balaban J connectivity index is 1.24. The van der Waals surface area contributed by atoms with E-state index in [9.17, 15) is 5.11 Å². The molecule has 2 aliphatic heterocycles. The monoisotopic (exact) mass is 443 g/mol. The number of aromatic nitrogens is 6. The lowest BCUT2D eigenvalue weighted by Gasteiger charge is -2.45. The second kappa shape index (κ2) is 8.08. The molecule has 1 aromatic carbocycles. The molecule has 2 saturated heterocycles. The quantitative estimate of drug-likeness (QED) is 0.610. The number of aromatic hydroxyl groups is 1. The van der Waals surface area contributed by atoms with E-state index in [2.05, 4.69) is 35.5 Å². The van der Waals surface area contributed by atoms with E-state index in [0.29, 0.717) is 41.2 Å². The average molecular weight is 444 g/mol. The van der Waals surface area contributed by atoms with E-state index in [4.69, 9.17) is 5.26 Å². The molecule has 3 aromatic rings. The second-order valence-corrected chi connectivity index (χ2v) is 9.22. The van der Waals surface area contributed by atoms with Gasteiger partial charge >= 0.3 is 0 Å². The normalized spacial score (nSPS) is 24.3. The highest BCUT2D eigenvalue weighted by Gasteiger charge is 2.40. The molecule has 2 aromatic heterocycles. The van der Waals surface area contributed by atoms with Crippen LogP contribution in [0.5, 0.6) is 5.75 Å². The van der Waals surface area contributed by atoms with E-state index in [0.717, 1.165) is 18.7 Å². The number of nitrogens with one attached hydrogen (secondary N) is 1. The molecule has 2 bridgehead atoms. The summed E-state index contributed by atoms with van der Waals surface area (Å²) in [6.07, 6.45) is 11.8. The minimum absolute atomic E-state index is 0.0151. The summed E-state index contributed by atoms with van der Waals surface area (Å²) in [4.78, 5) is 10.9. The van der Waals surface area contributed by atoms with Gasteiger partial charge in [-0.15, -0.1) is 15.3 Å². The van der Waals surface area contributed by atoms with E-state index >= 15 is 0 Å². The van der Waals surface area contributed by atoms with Gasteiger partial charge in [-0.3, -0.25) is 0 Å². The third kappa shape index (κ3) is 3.89. The lowest BCUT2D eigenvalue weighted by atomic mass is 9.83. The molecule has 168 valence electrons. The molecule has 4 heterocycles. The minimum Gasteiger partial charge on any atom is -0.507 e. The maximum atomic E-state index is 10.6. The summed E-state index contributed by atoms with van der Waals surface area (Å²) in [5, 5.41) is 36.2. The lowest BCUT2D eigenvalue weighted by Crippen LogP contribution is -2.55. The zero-order chi connectivity index (χ0) is 22.4. The number of rotatable bonds is 5. The number of anilines is 1. The average Bonchev–Trinajstić information content (AvgIpc) is 3.54. The van der Waals surface area contributed by atoms with Gasteiger partial charge in [0.25, 0.3) is 5.82 Å². The zero-order valence-electron chi connectivity index (χ0n) is 18.2. The Morgan fingerprint density at radius 3 is 2.52 bits per heavy atom. The summed E-state index contributed by atoms with van der Waals surface area (Å²) in [6.45, 7) is 0. The Labute approximate surface area is 191 Å². The van der Waals surface area contributed by atoms with Gasteiger partial charge in [0.2, 0.25) is 0 Å². The number of phenolic OH excluding ortho intramolecular Hbond substituents is 1. The smallest absolute Gasteiger partial charge is 0.252 e. The SMILES string of the molecule is N#Cc1ncn(-c2ccc(-c3ncc(N(C4CC4)C4C[C@H]5CCC[C@@H](C4)N5)nn3)c(O)c2)n1. The molecule has 3 fully saturated rings. The van der Waals surface area contributed by atoms with Gasteiger partial charge in [-0.25, -0.2) is 14.6 Å². The molecule has 3 atom stereocenters. The molecule has 1 aliphatic carbocycles. The van der Waals surface area contributed by atoms with Crippen LogP contribution in [-0.2, 0) is 0 Å². The topological polar surface area (TPSA) is 129 Å². The summed E-state index contributed by atoms with van der Waals surface area (Å²) in [5.74, 6) is 1.28. The highest BCUT2D eigenvalue weighted by molar-refractivity contribution is 5.66. The van der Waals surface area contributed by atoms with Gasteiger partial charge in [0, 0.05) is 30.2 Å². The van der Waals surface area contributed by atoms with Gasteiger partial charge in [-0.05, 0) is 50.7 Å². The van der Waals surface area contributed by atoms with Crippen LogP contribution in [0.4, 0.5) is 5.82 Å². The molecule has 3 aliphatic rings. The van der Waals surface area contributed by atoms with Crippen LogP contribution in [0.1, 0.15) is 50.8 Å². The van der Waals surface area contributed by atoms with Gasteiger partial charge in [0.1, 0.15) is 18.1 Å². The van der Waals surface area contributed by atoms with Crippen molar-refractivity contribution in [2.45, 2.75) is 69.1 Å². The van der Waals surface area contributed by atoms with Crippen LogP contribution >= 0.6 is 0 Å². The Morgan fingerprint density at radius 1 is 1.06 bits per heavy atom. The van der Waals surface area contributed by atoms with Crippen molar-refractivity contribution in [3.63, 3.8) is 0 Å². The highest BCUT2D eigenvalue weighted by atomic mass is 16.3. The Bertz CT molecular complexity index is 1190. The number of hydrogen-bond acceptors (Lipinski definition) is 9. The van der Waals surface area contributed by atoms with Crippen LogP contribution in [0, 0.1) is 11.3 Å². The first kappa shape index (κ1) is 20.1. The first-order valence-corrected chi connectivity index (χ1v) is 11.6.